The van der Waals surface area contributed by atoms with E-state index in [2.05, 4.69) is 120 Å². The molecule has 0 unspecified atom stereocenters. The predicted molar refractivity (Wildman–Crippen MR) is 149 cm³/mol. The molecule has 0 radical (unpaired) electrons. The second-order valence-electron chi connectivity index (χ2n) is 8.62. The van der Waals surface area contributed by atoms with Gasteiger partial charge in [-0.3, -0.25) is 0 Å². The minimum Gasteiger partial charge on any atom is -0.436 e. The van der Waals surface area contributed by atoms with Crippen molar-refractivity contribution in [2.75, 3.05) is 0 Å². The fourth-order valence-electron chi connectivity index (χ4n) is 4.72. The van der Waals surface area contributed by atoms with Crippen molar-refractivity contribution >= 4 is 39.8 Å². The van der Waals surface area contributed by atoms with Crippen LogP contribution in [0.3, 0.4) is 0 Å². The molecular formula is C32H25NOP+. The van der Waals surface area contributed by atoms with Crippen LogP contribution >= 0.6 is 7.26 Å². The van der Waals surface area contributed by atoms with Crippen molar-refractivity contribution in [1.29, 1.82) is 0 Å². The van der Waals surface area contributed by atoms with E-state index in [1.54, 1.807) is 0 Å². The van der Waals surface area contributed by atoms with Crippen molar-refractivity contribution in [2.45, 2.75) is 6.42 Å². The number of fused-ring (bicyclic) bond motifs is 1. The monoisotopic (exact) mass is 470 g/mol. The molecular weight excluding hydrogens is 445 g/mol. The normalized spacial score (nSPS) is 14.9. The molecule has 3 heteroatoms. The second kappa shape index (κ2) is 9.33. The maximum atomic E-state index is 6.01. The molecule has 2 nitrogen and oxygen atoms in total. The third-order valence-corrected chi connectivity index (χ3v) is 10.5. The number of hydrogen-bond acceptors (Lipinski definition) is 2. The molecule has 0 atom stereocenters. The van der Waals surface area contributed by atoms with Crippen LogP contribution in [0, 0.1) is 0 Å². The van der Waals surface area contributed by atoms with Gasteiger partial charge in [-0.2, -0.15) is 0 Å². The molecule has 35 heavy (non-hydrogen) atoms. The van der Waals surface area contributed by atoms with Crippen molar-refractivity contribution < 1.29 is 4.42 Å². The van der Waals surface area contributed by atoms with Crippen LogP contribution in [-0.2, 0) is 0 Å². The van der Waals surface area contributed by atoms with Crippen molar-refractivity contribution in [2.24, 2.45) is 0 Å². The lowest BCUT2D eigenvalue weighted by molar-refractivity contribution is 0.585. The van der Waals surface area contributed by atoms with Gasteiger partial charge in [-0.05, 0) is 66.6 Å². The van der Waals surface area contributed by atoms with E-state index in [4.69, 9.17) is 4.42 Å². The lowest BCUT2D eigenvalue weighted by Gasteiger charge is -2.25. The average Bonchev–Trinajstić information content (AvgIpc) is 3.38. The summed E-state index contributed by atoms with van der Waals surface area (Å²) in [5.74, 6) is 3.21. The zero-order valence-corrected chi connectivity index (χ0v) is 20.2. The standard InChI is InChI=1S/C32H25NOP/c1-4-12-27(13-5-1)35(28-14-6-2-7-15-28,29-16-8-3-9-17-29)24-25-20-22-26(23-21-25)32-33-30-18-10-11-19-31(30)34-32/h1-20,22-24H,21H2/q+1. The Morgan fingerprint density at radius 3 is 1.69 bits per heavy atom. The Morgan fingerprint density at radius 1 is 0.629 bits per heavy atom. The van der Waals surface area contributed by atoms with Gasteiger partial charge in [-0.25, -0.2) is 4.98 Å². The van der Waals surface area contributed by atoms with Crippen molar-refractivity contribution in [3.8, 4) is 0 Å². The third-order valence-electron chi connectivity index (χ3n) is 6.43. The molecule has 0 aliphatic heterocycles. The Hall–Kier alpha value is -4.00. The fraction of sp³-hybridized carbons (Fsp3) is 0.0312. The van der Waals surface area contributed by atoms with Crippen LogP contribution in [0.1, 0.15) is 12.3 Å². The molecule has 1 heterocycles. The quantitative estimate of drug-likeness (QED) is 0.257. The summed E-state index contributed by atoms with van der Waals surface area (Å²) in [6.45, 7) is 0. The summed E-state index contributed by atoms with van der Waals surface area (Å²) in [5.41, 5.74) is 4.04. The lowest BCUT2D eigenvalue weighted by Crippen LogP contribution is -2.29. The molecule has 5 aromatic rings. The van der Waals surface area contributed by atoms with E-state index in [0.717, 1.165) is 23.1 Å². The van der Waals surface area contributed by atoms with Gasteiger partial charge in [-0.1, -0.05) is 78.9 Å². The van der Waals surface area contributed by atoms with Crippen LogP contribution in [0.15, 0.2) is 149 Å². The predicted octanol–water partition coefficient (Wildman–Crippen LogP) is 7.05. The number of benzene rings is 4. The number of aromatic nitrogens is 1. The Bertz CT molecular complexity index is 1420. The fourth-order valence-corrected chi connectivity index (χ4v) is 8.68. The second-order valence-corrected chi connectivity index (χ2v) is 11.9. The molecule has 0 spiro atoms. The molecule has 1 aromatic heterocycles. The largest absolute Gasteiger partial charge is 0.436 e. The van der Waals surface area contributed by atoms with Crippen LogP contribution in [0.25, 0.3) is 16.7 Å². The molecule has 1 aliphatic carbocycles. The Morgan fingerprint density at radius 2 is 1.17 bits per heavy atom. The van der Waals surface area contributed by atoms with E-state index >= 15 is 0 Å². The maximum Gasteiger partial charge on any atom is 0.226 e. The molecule has 0 saturated carbocycles. The zero-order valence-electron chi connectivity index (χ0n) is 19.3. The minimum absolute atomic E-state index is 0.678. The molecule has 0 fully saturated rings. The Labute approximate surface area is 206 Å². The van der Waals surface area contributed by atoms with Gasteiger partial charge < -0.3 is 4.42 Å². The van der Waals surface area contributed by atoms with Crippen molar-refractivity contribution in [1.82, 2.24) is 4.98 Å². The van der Waals surface area contributed by atoms with Gasteiger partial charge in [0.05, 0.1) is 5.82 Å². The summed E-state index contributed by atoms with van der Waals surface area (Å²) in [7, 11) is -2.02. The number of allylic oxidation sites excluding steroid dienone is 5. The Kier molecular flexibility index (Phi) is 5.74. The molecule has 0 bridgehead atoms. The number of para-hydroxylation sites is 2. The highest BCUT2D eigenvalue weighted by Gasteiger charge is 2.43. The lowest BCUT2D eigenvalue weighted by atomic mass is 10.0. The first-order chi connectivity index (χ1) is 17.3. The first-order valence-corrected chi connectivity index (χ1v) is 13.7. The zero-order chi connectivity index (χ0) is 23.5. The first-order valence-electron chi connectivity index (χ1n) is 11.8. The van der Waals surface area contributed by atoms with Crippen LogP contribution < -0.4 is 15.9 Å². The molecule has 0 saturated heterocycles. The van der Waals surface area contributed by atoms with Crippen LogP contribution in [0.5, 0.6) is 0 Å². The summed E-state index contributed by atoms with van der Waals surface area (Å²) < 4.78 is 6.01. The third kappa shape index (κ3) is 4.07. The molecule has 6 rings (SSSR count). The van der Waals surface area contributed by atoms with E-state index < -0.39 is 7.26 Å². The van der Waals surface area contributed by atoms with Crippen LogP contribution in [-0.4, -0.2) is 4.98 Å². The van der Waals surface area contributed by atoms with E-state index in [1.807, 2.05) is 24.3 Å². The van der Waals surface area contributed by atoms with Crippen LogP contribution in [0.2, 0.25) is 0 Å². The Balaban J connectivity index is 1.46. The van der Waals surface area contributed by atoms with E-state index in [9.17, 15) is 0 Å². The van der Waals surface area contributed by atoms with Gasteiger partial charge in [-0.15, -0.1) is 0 Å². The summed E-state index contributed by atoms with van der Waals surface area (Å²) in [5, 5.41) is 4.06. The van der Waals surface area contributed by atoms with E-state index in [0.29, 0.717) is 5.89 Å². The molecule has 0 N–H and O–H groups in total. The van der Waals surface area contributed by atoms with Gasteiger partial charge in [0.1, 0.15) is 28.7 Å². The summed E-state index contributed by atoms with van der Waals surface area (Å²) in [6.07, 6.45) is 7.43. The molecule has 4 aromatic carbocycles. The highest BCUT2D eigenvalue weighted by atomic mass is 31.2. The number of rotatable bonds is 5. The molecule has 1 aliphatic rings. The van der Waals surface area contributed by atoms with Gasteiger partial charge in [0, 0.05) is 5.57 Å². The van der Waals surface area contributed by atoms with Crippen molar-refractivity contribution in [3.05, 3.63) is 151 Å². The van der Waals surface area contributed by atoms with E-state index in [-0.39, 0.29) is 0 Å². The average molecular weight is 471 g/mol. The van der Waals surface area contributed by atoms with Crippen molar-refractivity contribution in [3.63, 3.8) is 0 Å². The van der Waals surface area contributed by atoms with Gasteiger partial charge in [0.15, 0.2) is 5.58 Å². The SMILES string of the molecule is C1=CC(c2nc3ccccc3o2)=CCC1=C[P+](c1ccccc1)(c1ccccc1)c1ccccc1. The van der Waals surface area contributed by atoms with Crippen LogP contribution in [0.4, 0.5) is 0 Å². The maximum absolute atomic E-state index is 6.01. The molecule has 0 amide bonds. The van der Waals surface area contributed by atoms with Gasteiger partial charge in [0.2, 0.25) is 5.89 Å². The highest BCUT2D eigenvalue weighted by molar-refractivity contribution is 7.98. The summed E-state index contributed by atoms with van der Waals surface area (Å²) in [6, 6.07) is 40.7. The summed E-state index contributed by atoms with van der Waals surface area (Å²) >= 11 is 0. The first kappa shape index (κ1) is 21.5. The minimum atomic E-state index is -2.02. The topological polar surface area (TPSA) is 26.0 Å². The number of hydrogen-bond donors (Lipinski definition) is 0. The number of nitrogens with zero attached hydrogens (tertiary/aromatic N) is 1. The van der Waals surface area contributed by atoms with E-state index in [1.165, 1.54) is 21.5 Å². The smallest absolute Gasteiger partial charge is 0.226 e. The highest BCUT2D eigenvalue weighted by Crippen LogP contribution is 2.58. The summed E-state index contributed by atoms with van der Waals surface area (Å²) in [4.78, 5) is 4.68. The van der Waals surface area contributed by atoms with Gasteiger partial charge in [0.25, 0.3) is 0 Å². The number of oxazole rings is 1. The molecule has 168 valence electrons. The van der Waals surface area contributed by atoms with Gasteiger partial charge >= 0.3 is 0 Å².